The van der Waals surface area contributed by atoms with E-state index in [0.717, 1.165) is 31.4 Å². The highest BCUT2D eigenvalue weighted by atomic mass is 16.2. The summed E-state index contributed by atoms with van der Waals surface area (Å²) in [4.78, 5) is 14.4. The fourth-order valence-electron chi connectivity index (χ4n) is 3.08. The van der Waals surface area contributed by atoms with Crippen LogP contribution in [0.5, 0.6) is 0 Å². The van der Waals surface area contributed by atoms with Crippen LogP contribution in [0, 0.1) is 0 Å². The van der Waals surface area contributed by atoms with Crippen molar-refractivity contribution >= 4 is 6.03 Å². The maximum atomic E-state index is 12.4. The minimum absolute atomic E-state index is 0.0577. The molecule has 2 amide bonds. The normalized spacial score (nSPS) is 17.5. The molecule has 1 atom stereocenters. The number of urea groups is 1. The average molecular weight is 294 g/mol. The van der Waals surface area contributed by atoms with Gasteiger partial charge in [-0.2, -0.15) is 0 Å². The summed E-state index contributed by atoms with van der Waals surface area (Å²) >= 11 is 0. The van der Waals surface area contributed by atoms with E-state index in [9.17, 15) is 4.79 Å². The zero-order chi connectivity index (χ0) is 15.2. The lowest BCUT2D eigenvalue weighted by Crippen LogP contribution is -2.43. The Hall–Kier alpha value is -2.29. The Morgan fingerprint density at radius 1 is 1.00 bits per heavy atom. The first kappa shape index (κ1) is 14.6. The van der Waals surface area contributed by atoms with Crippen LogP contribution < -0.4 is 5.32 Å². The number of benzene rings is 2. The molecule has 114 valence electrons. The highest BCUT2D eigenvalue weighted by Crippen LogP contribution is 2.21. The van der Waals surface area contributed by atoms with Crippen LogP contribution in [0.2, 0.25) is 0 Å². The highest BCUT2D eigenvalue weighted by Gasteiger charge is 2.28. The van der Waals surface area contributed by atoms with Gasteiger partial charge in [0.15, 0.2) is 0 Å². The van der Waals surface area contributed by atoms with Crippen LogP contribution in [0.25, 0.3) is 0 Å². The average Bonchev–Trinajstić information content (AvgIpc) is 3.03. The molecule has 1 fully saturated rings. The van der Waals surface area contributed by atoms with Gasteiger partial charge in [-0.15, -0.1) is 0 Å². The van der Waals surface area contributed by atoms with Gasteiger partial charge in [0.1, 0.15) is 0 Å². The Bertz CT molecular complexity index is 597. The molecule has 0 bridgehead atoms. The molecule has 0 spiro atoms. The minimum Gasteiger partial charge on any atom is -0.334 e. The van der Waals surface area contributed by atoms with Gasteiger partial charge in [0, 0.05) is 19.1 Å². The summed E-state index contributed by atoms with van der Waals surface area (Å²) in [7, 11) is 0. The molecule has 1 heterocycles. The van der Waals surface area contributed by atoms with Crippen molar-refractivity contribution in [2.75, 3.05) is 6.54 Å². The molecule has 1 aliphatic rings. The smallest absolute Gasteiger partial charge is 0.317 e. The first-order valence-electron chi connectivity index (χ1n) is 7.95. The van der Waals surface area contributed by atoms with Gasteiger partial charge in [-0.25, -0.2) is 4.79 Å². The van der Waals surface area contributed by atoms with E-state index in [1.54, 1.807) is 0 Å². The maximum Gasteiger partial charge on any atom is 0.317 e. The van der Waals surface area contributed by atoms with Gasteiger partial charge in [-0.1, -0.05) is 60.7 Å². The number of likely N-dealkylation sites (tertiary alicyclic amines) is 1. The van der Waals surface area contributed by atoms with Crippen LogP contribution in [0.4, 0.5) is 4.79 Å². The van der Waals surface area contributed by atoms with E-state index in [0.29, 0.717) is 12.6 Å². The van der Waals surface area contributed by atoms with E-state index in [1.165, 1.54) is 5.56 Å². The molecular formula is C19H22N2O. The zero-order valence-electron chi connectivity index (χ0n) is 12.7. The second kappa shape index (κ2) is 7.12. The standard InChI is InChI=1S/C19H22N2O/c22-19(20-15-17-10-5-2-6-11-17)21-13-7-12-18(21)14-16-8-3-1-4-9-16/h1-6,8-11,18H,7,12-15H2,(H,20,22). The van der Waals surface area contributed by atoms with Crippen LogP contribution in [0.3, 0.4) is 0 Å². The summed E-state index contributed by atoms with van der Waals surface area (Å²) in [6.45, 7) is 1.45. The van der Waals surface area contributed by atoms with E-state index >= 15 is 0 Å². The van der Waals surface area contributed by atoms with E-state index in [4.69, 9.17) is 0 Å². The lowest BCUT2D eigenvalue weighted by atomic mass is 10.0. The molecule has 1 N–H and O–H groups in total. The van der Waals surface area contributed by atoms with E-state index in [2.05, 4.69) is 29.6 Å². The number of nitrogens with zero attached hydrogens (tertiary/aromatic N) is 1. The predicted octanol–water partition coefficient (Wildman–Crippen LogP) is 3.60. The van der Waals surface area contributed by atoms with Crippen molar-refractivity contribution in [2.24, 2.45) is 0 Å². The van der Waals surface area contributed by atoms with Gasteiger partial charge < -0.3 is 10.2 Å². The summed E-state index contributed by atoms with van der Waals surface area (Å²) in [6.07, 6.45) is 3.13. The number of hydrogen-bond donors (Lipinski definition) is 1. The molecule has 1 unspecified atom stereocenters. The number of rotatable bonds is 4. The third-order valence-corrected chi connectivity index (χ3v) is 4.24. The molecule has 22 heavy (non-hydrogen) atoms. The fourth-order valence-corrected chi connectivity index (χ4v) is 3.08. The van der Waals surface area contributed by atoms with Crippen molar-refractivity contribution in [1.82, 2.24) is 10.2 Å². The lowest BCUT2D eigenvalue weighted by Gasteiger charge is -2.25. The van der Waals surface area contributed by atoms with Crippen LogP contribution in [-0.2, 0) is 13.0 Å². The SMILES string of the molecule is O=C(NCc1ccccc1)N1CCCC1Cc1ccccc1. The first-order valence-corrected chi connectivity index (χ1v) is 7.95. The van der Waals surface area contributed by atoms with Gasteiger partial charge >= 0.3 is 6.03 Å². The number of carbonyl (C=O) groups excluding carboxylic acids is 1. The van der Waals surface area contributed by atoms with Crippen LogP contribution in [-0.4, -0.2) is 23.5 Å². The minimum atomic E-state index is 0.0577. The summed E-state index contributed by atoms with van der Waals surface area (Å²) in [5, 5.41) is 3.04. The molecule has 2 aromatic carbocycles. The summed E-state index contributed by atoms with van der Waals surface area (Å²) < 4.78 is 0. The van der Waals surface area contributed by atoms with Crippen molar-refractivity contribution < 1.29 is 4.79 Å². The highest BCUT2D eigenvalue weighted by molar-refractivity contribution is 5.74. The molecule has 3 heteroatoms. The Kier molecular flexibility index (Phi) is 4.74. The Morgan fingerprint density at radius 3 is 2.32 bits per heavy atom. The molecule has 0 radical (unpaired) electrons. The van der Waals surface area contributed by atoms with Crippen LogP contribution >= 0.6 is 0 Å². The van der Waals surface area contributed by atoms with E-state index in [1.807, 2.05) is 41.3 Å². The van der Waals surface area contributed by atoms with Crippen molar-refractivity contribution in [1.29, 1.82) is 0 Å². The molecule has 0 saturated carbocycles. The number of carbonyl (C=O) groups is 1. The van der Waals surface area contributed by atoms with Crippen LogP contribution in [0.15, 0.2) is 60.7 Å². The van der Waals surface area contributed by atoms with Gasteiger partial charge in [0.25, 0.3) is 0 Å². The zero-order valence-corrected chi connectivity index (χ0v) is 12.7. The maximum absolute atomic E-state index is 12.4. The molecule has 0 aliphatic carbocycles. The topological polar surface area (TPSA) is 32.3 Å². The second-order valence-electron chi connectivity index (χ2n) is 5.82. The van der Waals surface area contributed by atoms with Crippen molar-refractivity contribution in [3.8, 4) is 0 Å². The monoisotopic (exact) mass is 294 g/mol. The van der Waals surface area contributed by atoms with Crippen molar-refractivity contribution in [3.05, 3.63) is 71.8 Å². The van der Waals surface area contributed by atoms with Gasteiger partial charge in [0.05, 0.1) is 0 Å². The molecule has 3 nitrogen and oxygen atoms in total. The van der Waals surface area contributed by atoms with Crippen molar-refractivity contribution in [3.63, 3.8) is 0 Å². The lowest BCUT2D eigenvalue weighted by molar-refractivity contribution is 0.192. The summed E-state index contributed by atoms with van der Waals surface area (Å²) in [6, 6.07) is 20.8. The second-order valence-corrected chi connectivity index (χ2v) is 5.82. The number of nitrogens with one attached hydrogen (secondary N) is 1. The summed E-state index contributed by atoms with van der Waals surface area (Å²) in [5.41, 5.74) is 2.44. The Morgan fingerprint density at radius 2 is 1.64 bits per heavy atom. The Balaban J connectivity index is 1.57. The largest absolute Gasteiger partial charge is 0.334 e. The van der Waals surface area contributed by atoms with E-state index in [-0.39, 0.29) is 6.03 Å². The third-order valence-electron chi connectivity index (χ3n) is 4.24. The third kappa shape index (κ3) is 3.67. The molecule has 1 aliphatic heterocycles. The molecule has 0 aromatic heterocycles. The molecule has 2 aromatic rings. The molecular weight excluding hydrogens is 272 g/mol. The van der Waals surface area contributed by atoms with Gasteiger partial charge in [-0.3, -0.25) is 0 Å². The number of amides is 2. The van der Waals surface area contributed by atoms with Crippen LogP contribution in [0.1, 0.15) is 24.0 Å². The van der Waals surface area contributed by atoms with Crippen molar-refractivity contribution in [2.45, 2.75) is 31.8 Å². The van der Waals surface area contributed by atoms with Gasteiger partial charge in [-0.05, 0) is 30.4 Å². The number of hydrogen-bond acceptors (Lipinski definition) is 1. The summed E-state index contributed by atoms with van der Waals surface area (Å²) in [5.74, 6) is 0. The predicted molar refractivity (Wildman–Crippen MR) is 88.6 cm³/mol. The quantitative estimate of drug-likeness (QED) is 0.918. The fraction of sp³-hybridized carbons (Fsp3) is 0.316. The Labute approximate surface area is 132 Å². The molecule has 3 rings (SSSR count). The van der Waals surface area contributed by atoms with Gasteiger partial charge in [0.2, 0.25) is 0 Å². The first-order chi connectivity index (χ1) is 10.8. The molecule has 1 saturated heterocycles. The van der Waals surface area contributed by atoms with E-state index < -0.39 is 0 Å².